The molecular formula is C16H21N5O2S. The Kier molecular flexibility index (Phi) is 5.39. The second kappa shape index (κ2) is 7.69. The molecule has 0 fully saturated rings. The molecule has 128 valence electrons. The van der Waals surface area contributed by atoms with Crippen molar-refractivity contribution in [1.82, 2.24) is 20.2 Å². The molecule has 0 spiro atoms. The molecule has 3 rings (SSSR count). The number of ether oxygens (including phenoxy) is 1. The maximum absolute atomic E-state index is 12.0. The lowest BCUT2D eigenvalue weighted by Crippen LogP contribution is -2.28. The molecular weight excluding hydrogens is 326 g/mol. The van der Waals surface area contributed by atoms with Gasteiger partial charge in [0.25, 0.3) is 0 Å². The van der Waals surface area contributed by atoms with Crippen LogP contribution in [0.15, 0.2) is 18.3 Å². The van der Waals surface area contributed by atoms with Crippen LogP contribution in [0, 0.1) is 0 Å². The summed E-state index contributed by atoms with van der Waals surface area (Å²) in [7, 11) is 4.00. The number of nitrogens with zero attached hydrogens (tertiary/aromatic N) is 3. The molecule has 0 saturated heterocycles. The van der Waals surface area contributed by atoms with E-state index in [1.165, 1.54) is 0 Å². The number of amides is 2. The van der Waals surface area contributed by atoms with Gasteiger partial charge in [-0.25, -0.2) is 14.8 Å². The van der Waals surface area contributed by atoms with Gasteiger partial charge >= 0.3 is 6.03 Å². The Morgan fingerprint density at radius 1 is 1.46 bits per heavy atom. The van der Waals surface area contributed by atoms with E-state index in [2.05, 4.69) is 25.5 Å². The molecule has 1 aliphatic heterocycles. The van der Waals surface area contributed by atoms with Crippen molar-refractivity contribution in [3.63, 3.8) is 0 Å². The van der Waals surface area contributed by atoms with Crippen LogP contribution in [-0.4, -0.2) is 41.6 Å². The van der Waals surface area contributed by atoms with Crippen LogP contribution in [0.2, 0.25) is 0 Å². The highest BCUT2D eigenvalue weighted by Crippen LogP contribution is 2.23. The molecule has 0 unspecified atom stereocenters. The molecule has 24 heavy (non-hydrogen) atoms. The van der Waals surface area contributed by atoms with Gasteiger partial charge in [0.05, 0.1) is 30.3 Å². The number of aromatic nitrogens is 2. The molecule has 0 bridgehead atoms. The van der Waals surface area contributed by atoms with E-state index >= 15 is 0 Å². The Hall–Kier alpha value is -2.03. The summed E-state index contributed by atoms with van der Waals surface area (Å²) in [5, 5.41) is 6.48. The van der Waals surface area contributed by atoms with E-state index in [4.69, 9.17) is 4.74 Å². The highest BCUT2D eigenvalue weighted by molar-refractivity contribution is 7.11. The second-order valence-corrected chi connectivity index (χ2v) is 7.04. The van der Waals surface area contributed by atoms with Gasteiger partial charge in [-0.3, -0.25) is 5.32 Å². The number of carbonyl (C=O) groups is 1. The molecule has 8 heteroatoms. The number of carbonyl (C=O) groups excluding carboxylic acids is 1. The first-order valence-corrected chi connectivity index (χ1v) is 8.61. The van der Waals surface area contributed by atoms with E-state index in [1.54, 1.807) is 17.5 Å². The van der Waals surface area contributed by atoms with Gasteiger partial charge in [0, 0.05) is 19.2 Å². The van der Waals surface area contributed by atoms with Crippen LogP contribution in [0.5, 0.6) is 0 Å². The summed E-state index contributed by atoms with van der Waals surface area (Å²) < 4.78 is 5.41. The minimum Gasteiger partial charge on any atom is -0.375 e. The quantitative estimate of drug-likeness (QED) is 0.865. The number of rotatable bonds is 5. The molecule has 0 saturated carbocycles. The number of hydrogen-bond donors (Lipinski definition) is 2. The zero-order valence-corrected chi connectivity index (χ0v) is 14.7. The predicted octanol–water partition coefficient (Wildman–Crippen LogP) is 1.99. The van der Waals surface area contributed by atoms with Crippen LogP contribution in [0.1, 0.15) is 21.1 Å². The third-order valence-corrected chi connectivity index (χ3v) is 4.57. The molecule has 7 nitrogen and oxygen atoms in total. The maximum atomic E-state index is 12.0. The van der Waals surface area contributed by atoms with Crippen molar-refractivity contribution in [2.45, 2.75) is 26.1 Å². The van der Waals surface area contributed by atoms with Gasteiger partial charge in [0.15, 0.2) is 0 Å². The fourth-order valence-corrected chi connectivity index (χ4v) is 3.47. The van der Waals surface area contributed by atoms with Crippen molar-refractivity contribution >= 4 is 23.2 Å². The molecule has 1 aliphatic rings. The van der Waals surface area contributed by atoms with Crippen LogP contribution < -0.4 is 10.6 Å². The standard InChI is InChI=1S/C16H21N5O2S/c1-21(2)9-11-3-5-17-14(7-11)20-16(22)18-8-15-19-12-4-6-23-10-13(12)24-15/h3,5,7H,4,6,8-10H2,1-2H3,(H2,17,18,20,22). The number of hydrogen-bond acceptors (Lipinski definition) is 6. The summed E-state index contributed by atoms with van der Waals surface area (Å²) in [5.74, 6) is 0.540. The van der Waals surface area contributed by atoms with Gasteiger partial charge in [-0.2, -0.15) is 0 Å². The second-order valence-electron chi connectivity index (χ2n) is 5.87. The monoisotopic (exact) mass is 347 g/mol. The smallest absolute Gasteiger partial charge is 0.320 e. The Morgan fingerprint density at radius 3 is 3.12 bits per heavy atom. The van der Waals surface area contributed by atoms with Crippen LogP contribution in [0.4, 0.5) is 10.6 Å². The first-order chi connectivity index (χ1) is 11.6. The van der Waals surface area contributed by atoms with Gasteiger partial charge in [-0.1, -0.05) is 0 Å². The SMILES string of the molecule is CN(C)Cc1ccnc(NC(=O)NCc2nc3c(s2)COCC3)c1. The van der Waals surface area contributed by atoms with Crippen LogP contribution in [0.3, 0.4) is 0 Å². The minimum atomic E-state index is -0.283. The van der Waals surface area contributed by atoms with E-state index < -0.39 is 0 Å². The number of fused-ring (bicyclic) bond motifs is 1. The first kappa shape index (κ1) is 16.8. The molecule has 0 atom stereocenters. The lowest BCUT2D eigenvalue weighted by Gasteiger charge is -2.11. The first-order valence-electron chi connectivity index (χ1n) is 7.80. The average molecular weight is 347 g/mol. The van der Waals surface area contributed by atoms with Crippen molar-refractivity contribution < 1.29 is 9.53 Å². The molecule has 2 amide bonds. The third-order valence-electron chi connectivity index (χ3n) is 3.50. The summed E-state index contributed by atoms with van der Waals surface area (Å²) in [6.07, 6.45) is 2.55. The highest BCUT2D eigenvalue weighted by atomic mass is 32.1. The summed E-state index contributed by atoms with van der Waals surface area (Å²) in [5.41, 5.74) is 2.19. The summed E-state index contributed by atoms with van der Waals surface area (Å²) in [6.45, 7) is 2.55. The van der Waals surface area contributed by atoms with Gasteiger partial charge in [0.1, 0.15) is 10.8 Å². The van der Waals surface area contributed by atoms with Gasteiger partial charge in [-0.05, 0) is 31.8 Å². The Balaban J connectivity index is 1.53. The average Bonchev–Trinajstić information content (AvgIpc) is 2.95. The van der Waals surface area contributed by atoms with E-state index in [0.29, 0.717) is 19.0 Å². The van der Waals surface area contributed by atoms with Crippen molar-refractivity contribution in [2.75, 3.05) is 26.0 Å². The third kappa shape index (κ3) is 4.50. The lowest BCUT2D eigenvalue weighted by atomic mass is 10.2. The van der Waals surface area contributed by atoms with Gasteiger partial charge < -0.3 is 15.0 Å². The van der Waals surface area contributed by atoms with Gasteiger partial charge in [0.2, 0.25) is 0 Å². The molecule has 3 heterocycles. The minimum absolute atomic E-state index is 0.283. The van der Waals surface area contributed by atoms with E-state index in [0.717, 1.165) is 40.7 Å². The van der Waals surface area contributed by atoms with E-state index in [1.807, 2.05) is 26.2 Å². The normalized spacial score (nSPS) is 13.6. The summed E-state index contributed by atoms with van der Waals surface area (Å²) in [4.78, 5) is 24.0. The molecule has 2 aromatic rings. The highest BCUT2D eigenvalue weighted by Gasteiger charge is 2.15. The maximum Gasteiger partial charge on any atom is 0.320 e. The zero-order valence-electron chi connectivity index (χ0n) is 13.8. The number of nitrogens with one attached hydrogen (secondary N) is 2. The fourth-order valence-electron chi connectivity index (χ4n) is 2.48. The zero-order chi connectivity index (χ0) is 16.9. The Morgan fingerprint density at radius 2 is 2.33 bits per heavy atom. The molecule has 0 aromatic carbocycles. The number of urea groups is 1. The Labute approximate surface area is 145 Å². The van der Waals surface area contributed by atoms with Gasteiger partial charge in [-0.15, -0.1) is 11.3 Å². The van der Waals surface area contributed by atoms with Crippen molar-refractivity contribution in [3.05, 3.63) is 39.5 Å². The van der Waals surface area contributed by atoms with Crippen molar-refractivity contribution in [1.29, 1.82) is 0 Å². The summed E-state index contributed by atoms with van der Waals surface area (Å²) >= 11 is 1.59. The van der Waals surface area contributed by atoms with E-state index in [9.17, 15) is 4.79 Å². The van der Waals surface area contributed by atoms with E-state index in [-0.39, 0.29) is 6.03 Å². The number of pyridine rings is 1. The predicted molar refractivity (Wildman–Crippen MR) is 93.0 cm³/mol. The number of anilines is 1. The summed E-state index contributed by atoms with van der Waals surface area (Å²) in [6, 6.07) is 3.53. The van der Waals surface area contributed by atoms with Crippen LogP contribution in [-0.2, 0) is 30.9 Å². The lowest BCUT2D eigenvalue weighted by molar-refractivity contribution is 0.112. The molecule has 2 aromatic heterocycles. The molecule has 0 radical (unpaired) electrons. The molecule has 2 N–H and O–H groups in total. The number of thiazole rings is 1. The topological polar surface area (TPSA) is 79.4 Å². The van der Waals surface area contributed by atoms with Crippen molar-refractivity contribution in [2.24, 2.45) is 0 Å². The fraction of sp³-hybridized carbons (Fsp3) is 0.438. The van der Waals surface area contributed by atoms with Crippen LogP contribution in [0.25, 0.3) is 0 Å². The van der Waals surface area contributed by atoms with Crippen molar-refractivity contribution in [3.8, 4) is 0 Å². The Bertz CT molecular complexity index is 693. The largest absolute Gasteiger partial charge is 0.375 e. The van der Waals surface area contributed by atoms with Crippen LogP contribution >= 0.6 is 11.3 Å². The molecule has 0 aliphatic carbocycles.